The summed E-state index contributed by atoms with van der Waals surface area (Å²) in [5, 5.41) is 12.3. The number of nitrogens with zero attached hydrogens (tertiary/aromatic N) is 2. The molecule has 1 aromatic carbocycles. The average Bonchev–Trinajstić information content (AvgIpc) is 2.79. The van der Waals surface area contributed by atoms with Crippen LogP contribution in [0.1, 0.15) is 63.2 Å². The van der Waals surface area contributed by atoms with Crippen LogP contribution in [-0.2, 0) is 24.3 Å². The zero-order chi connectivity index (χ0) is 24.2. The van der Waals surface area contributed by atoms with Gasteiger partial charge in [-0.1, -0.05) is 19.3 Å². The van der Waals surface area contributed by atoms with E-state index in [4.69, 9.17) is 9.47 Å². The number of morpholine rings is 1. The van der Waals surface area contributed by atoms with Crippen LogP contribution in [-0.4, -0.2) is 61.5 Å². The van der Waals surface area contributed by atoms with Gasteiger partial charge in [0.05, 0.1) is 28.7 Å². The number of benzene rings is 1. The molecule has 1 saturated carbocycles. The van der Waals surface area contributed by atoms with Crippen molar-refractivity contribution in [3.05, 3.63) is 29.8 Å². The molecule has 1 saturated heterocycles. The number of nitrogens with one attached hydrogen (secondary N) is 1. The molecule has 3 atom stereocenters. The molecule has 180 valence electrons. The molecule has 2 fully saturated rings. The molecule has 2 aliphatic rings. The maximum Gasteiger partial charge on any atom is 0.338 e. The summed E-state index contributed by atoms with van der Waals surface area (Å²) in [5.74, 6) is -1.27. The summed E-state index contributed by atoms with van der Waals surface area (Å²) in [5.41, 5.74) is -0.787. The normalized spacial score (nSPS) is 24.3. The minimum Gasteiger partial charge on any atom is -0.449 e. The summed E-state index contributed by atoms with van der Waals surface area (Å²) in [6.45, 7) is 5.60. The molecule has 1 aromatic rings. The van der Waals surface area contributed by atoms with E-state index in [0.717, 1.165) is 19.3 Å². The van der Waals surface area contributed by atoms with Crippen molar-refractivity contribution in [2.75, 3.05) is 13.1 Å². The lowest BCUT2D eigenvalue weighted by molar-refractivity contribution is -0.130. The first-order valence-corrected chi connectivity index (χ1v) is 12.7. The first-order valence-electron chi connectivity index (χ1n) is 11.3. The van der Waals surface area contributed by atoms with Crippen LogP contribution in [0.3, 0.4) is 0 Å². The van der Waals surface area contributed by atoms with Crippen molar-refractivity contribution in [3.63, 3.8) is 0 Å². The van der Waals surface area contributed by atoms with E-state index in [2.05, 4.69) is 11.4 Å². The molecule has 0 bridgehead atoms. The van der Waals surface area contributed by atoms with E-state index >= 15 is 0 Å². The number of nitriles is 1. The number of sulfonamides is 1. The third-order valence-corrected chi connectivity index (χ3v) is 7.90. The van der Waals surface area contributed by atoms with Crippen LogP contribution < -0.4 is 5.32 Å². The minimum absolute atomic E-state index is 0.0689. The molecule has 0 aromatic heterocycles. The maximum absolute atomic E-state index is 12.9. The Labute approximate surface area is 195 Å². The number of hydrogen-bond donors (Lipinski definition) is 1. The molecule has 3 rings (SSSR count). The number of hydrogen-bond acceptors (Lipinski definition) is 7. The Hall–Kier alpha value is -2.48. The van der Waals surface area contributed by atoms with Gasteiger partial charge in [-0.15, -0.1) is 0 Å². The highest BCUT2D eigenvalue weighted by Gasteiger charge is 2.36. The van der Waals surface area contributed by atoms with Crippen molar-refractivity contribution < 1.29 is 27.5 Å². The molecule has 1 N–H and O–H groups in total. The average molecular weight is 478 g/mol. The Morgan fingerprint density at radius 3 is 2.27 bits per heavy atom. The lowest BCUT2D eigenvalue weighted by atomic mass is 9.83. The quantitative estimate of drug-likeness (QED) is 0.623. The van der Waals surface area contributed by atoms with Crippen LogP contribution in [0, 0.1) is 11.3 Å². The zero-order valence-electron chi connectivity index (χ0n) is 19.2. The van der Waals surface area contributed by atoms with Crippen molar-refractivity contribution in [2.45, 2.75) is 81.6 Å². The third kappa shape index (κ3) is 5.91. The molecular formula is C23H31N3O6S. The van der Waals surface area contributed by atoms with Gasteiger partial charge in [0, 0.05) is 13.1 Å². The van der Waals surface area contributed by atoms with Crippen LogP contribution in [0.15, 0.2) is 29.2 Å². The fourth-order valence-electron chi connectivity index (χ4n) is 4.28. The molecule has 1 aliphatic carbocycles. The van der Waals surface area contributed by atoms with Crippen molar-refractivity contribution in [2.24, 2.45) is 0 Å². The summed E-state index contributed by atoms with van der Waals surface area (Å²) in [6.07, 6.45) is 2.39. The van der Waals surface area contributed by atoms with Crippen LogP contribution in [0.4, 0.5) is 0 Å². The molecule has 0 radical (unpaired) electrons. The molecule has 1 aliphatic heterocycles. The number of ether oxygens (including phenoxy) is 2. The Morgan fingerprint density at radius 1 is 1.15 bits per heavy atom. The molecule has 33 heavy (non-hydrogen) atoms. The Balaban J connectivity index is 1.63. The van der Waals surface area contributed by atoms with Gasteiger partial charge in [-0.25, -0.2) is 13.2 Å². The summed E-state index contributed by atoms with van der Waals surface area (Å²) < 4.78 is 38.1. The predicted molar refractivity (Wildman–Crippen MR) is 120 cm³/mol. The first-order chi connectivity index (χ1) is 15.6. The summed E-state index contributed by atoms with van der Waals surface area (Å²) in [6, 6.07) is 7.64. The van der Waals surface area contributed by atoms with Crippen molar-refractivity contribution in [3.8, 4) is 6.07 Å². The molecule has 1 heterocycles. The van der Waals surface area contributed by atoms with E-state index in [1.807, 2.05) is 13.8 Å². The summed E-state index contributed by atoms with van der Waals surface area (Å²) in [7, 11) is -3.73. The highest BCUT2D eigenvalue weighted by Crippen LogP contribution is 2.28. The summed E-state index contributed by atoms with van der Waals surface area (Å²) >= 11 is 0. The molecular weight excluding hydrogens is 446 g/mol. The lowest BCUT2D eigenvalue weighted by Crippen LogP contribution is -2.52. The monoisotopic (exact) mass is 477 g/mol. The predicted octanol–water partition coefficient (Wildman–Crippen LogP) is 2.37. The zero-order valence-corrected chi connectivity index (χ0v) is 20.1. The molecule has 9 nitrogen and oxygen atoms in total. The minimum atomic E-state index is -3.73. The second-order valence-electron chi connectivity index (χ2n) is 8.90. The smallest absolute Gasteiger partial charge is 0.338 e. The number of esters is 1. The fourth-order valence-corrected chi connectivity index (χ4v) is 5.87. The molecule has 10 heteroatoms. The number of rotatable bonds is 6. The van der Waals surface area contributed by atoms with Gasteiger partial charge in [-0.2, -0.15) is 9.57 Å². The SMILES string of the molecule is CC1CN(S(=O)(=O)c2ccc(C(=O)OC(C)C(=O)NC3(C#N)CCCCC3)cc2)CC(C)O1. The van der Waals surface area contributed by atoms with Gasteiger partial charge in [0.15, 0.2) is 6.10 Å². The van der Waals surface area contributed by atoms with Crippen LogP contribution in [0.5, 0.6) is 0 Å². The van der Waals surface area contributed by atoms with Crippen molar-refractivity contribution in [1.29, 1.82) is 5.26 Å². The van der Waals surface area contributed by atoms with E-state index in [1.54, 1.807) is 0 Å². The molecule has 0 spiro atoms. The Kier molecular flexibility index (Phi) is 7.77. The molecule has 1 amide bonds. The number of carbonyl (C=O) groups excluding carboxylic acids is 2. The second kappa shape index (κ2) is 10.2. The van der Waals surface area contributed by atoms with Gasteiger partial charge in [0.2, 0.25) is 10.0 Å². The highest BCUT2D eigenvalue weighted by molar-refractivity contribution is 7.89. The van der Waals surface area contributed by atoms with Gasteiger partial charge in [0.25, 0.3) is 5.91 Å². The van der Waals surface area contributed by atoms with Gasteiger partial charge in [-0.05, 0) is 57.9 Å². The van der Waals surface area contributed by atoms with Crippen molar-refractivity contribution in [1.82, 2.24) is 9.62 Å². The van der Waals surface area contributed by atoms with E-state index < -0.39 is 33.5 Å². The third-order valence-electron chi connectivity index (χ3n) is 6.05. The van der Waals surface area contributed by atoms with Gasteiger partial charge in [-0.3, -0.25) is 4.79 Å². The number of amides is 1. The summed E-state index contributed by atoms with van der Waals surface area (Å²) in [4.78, 5) is 25.1. The topological polar surface area (TPSA) is 126 Å². The first kappa shape index (κ1) is 25.1. The van der Waals surface area contributed by atoms with E-state index in [9.17, 15) is 23.3 Å². The van der Waals surface area contributed by atoms with Crippen molar-refractivity contribution >= 4 is 21.9 Å². The van der Waals surface area contributed by atoms with Gasteiger partial charge < -0.3 is 14.8 Å². The van der Waals surface area contributed by atoms with Crippen LogP contribution in [0.2, 0.25) is 0 Å². The van der Waals surface area contributed by atoms with E-state index in [0.29, 0.717) is 12.8 Å². The van der Waals surface area contributed by atoms with Gasteiger partial charge >= 0.3 is 5.97 Å². The lowest BCUT2D eigenvalue weighted by Gasteiger charge is -2.34. The number of carbonyl (C=O) groups is 2. The van der Waals surface area contributed by atoms with Crippen LogP contribution in [0.25, 0.3) is 0 Å². The van der Waals surface area contributed by atoms with E-state index in [1.165, 1.54) is 35.5 Å². The standard InChI is InChI=1S/C23H31N3O6S/c1-16-13-26(14-17(2)31-16)33(29,30)20-9-7-19(8-10-20)22(28)32-18(3)21(27)25-23(15-24)11-5-4-6-12-23/h7-10,16-18H,4-6,11-14H2,1-3H3,(H,25,27). The largest absolute Gasteiger partial charge is 0.449 e. The van der Waals surface area contributed by atoms with E-state index in [-0.39, 0.29) is 35.8 Å². The fraction of sp³-hybridized carbons (Fsp3) is 0.609. The Bertz CT molecular complexity index is 1000. The molecule has 3 unspecified atom stereocenters. The second-order valence-corrected chi connectivity index (χ2v) is 10.8. The van der Waals surface area contributed by atoms with Gasteiger partial charge in [0.1, 0.15) is 5.54 Å². The Morgan fingerprint density at radius 2 is 1.73 bits per heavy atom. The van der Waals surface area contributed by atoms with Crippen LogP contribution >= 0.6 is 0 Å². The highest BCUT2D eigenvalue weighted by atomic mass is 32.2. The maximum atomic E-state index is 12.9.